The number of hydrogen-bond donors (Lipinski definition) is 3. The van der Waals surface area contributed by atoms with E-state index in [9.17, 15) is 14.4 Å². The Bertz CT molecular complexity index is 575. The minimum absolute atomic E-state index is 0.0829. The Balaban J connectivity index is 1.72. The van der Waals surface area contributed by atoms with Crippen LogP contribution in [0, 0.1) is 0 Å². The average molecular weight is 342 g/mol. The summed E-state index contributed by atoms with van der Waals surface area (Å²) in [7, 11) is 0. The number of anilines is 2. The SMILES string of the molecule is Nc1cc(N)nc(SCC(=O)NCCN2C(=O)CSC2=O)n1. The number of nitrogens with one attached hydrogen (secondary N) is 1. The smallest absolute Gasteiger partial charge is 0.288 e. The van der Waals surface area contributed by atoms with Gasteiger partial charge in [0.1, 0.15) is 11.6 Å². The van der Waals surface area contributed by atoms with E-state index in [-0.39, 0.29) is 53.3 Å². The molecule has 22 heavy (non-hydrogen) atoms. The Morgan fingerprint density at radius 2 is 2.05 bits per heavy atom. The molecule has 0 aromatic carbocycles. The van der Waals surface area contributed by atoms with Crippen LogP contribution in [0.4, 0.5) is 16.4 Å². The highest BCUT2D eigenvalue weighted by atomic mass is 32.2. The summed E-state index contributed by atoms with van der Waals surface area (Å²) in [6.45, 7) is 0.375. The minimum atomic E-state index is -0.280. The zero-order valence-electron chi connectivity index (χ0n) is 11.4. The zero-order chi connectivity index (χ0) is 16.1. The third-order valence-corrected chi connectivity index (χ3v) is 4.28. The van der Waals surface area contributed by atoms with E-state index in [0.717, 1.165) is 28.4 Å². The molecule has 0 spiro atoms. The van der Waals surface area contributed by atoms with Gasteiger partial charge < -0.3 is 16.8 Å². The first-order valence-corrected chi connectivity index (χ1v) is 8.19. The van der Waals surface area contributed by atoms with Crippen LogP contribution >= 0.6 is 23.5 Å². The van der Waals surface area contributed by atoms with Gasteiger partial charge in [-0.1, -0.05) is 23.5 Å². The molecule has 1 aliphatic heterocycles. The third kappa shape index (κ3) is 4.49. The predicted octanol–water partition coefficient (Wildman–Crippen LogP) is -0.455. The fraction of sp³-hybridized carbons (Fsp3) is 0.364. The fourth-order valence-corrected chi connectivity index (χ4v) is 3.07. The molecule has 1 saturated heterocycles. The summed E-state index contributed by atoms with van der Waals surface area (Å²) >= 11 is 2.06. The highest BCUT2D eigenvalue weighted by molar-refractivity contribution is 8.14. The summed E-state index contributed by atoms with van der Waals surface area (Å²) in [5.74, 6) is 0.220. The number of nitrogens with two attached hydrogens (primary N) is 2. The Morgan fingerprint density at radius 3 is 2.64 bits per heavy atom. The Labute approximate surface area is 134 Å². The molecule has 11 heteroatoms. The number of carbonyl (C=O) groups is 3. The molecule has 1 aromatic heterocycles. The van der Waals surface area contributed by atoms with E-state index >= 15 is 0 Å². The van der Waals surface area contributed by atoms with Crippen molar-refractivity contribution in [2.75, 3.05) is 36.1 Å². The van der Waals surface area contributed by atoms with E-state index in [0.29, 0.717) is 5.16 Å². The first-order chi connectivity index (χ1) is 10.5. The number of nitrogen functional groups attached to an aromatic ring is 2. The summed E-state index contributed by atoms with van der Waals surface area (Å²) < 4.78 is 0. The van der Waals surface area contributed by atoms with Crippen molar-refractivity contribution in [3.05, 3.63) is 6.07 Å². The summed E-state index contributed by atoms with van der Waals surface area (Å²) in [5, 5.41) is 2.65. The van der Waals surface area contributed by atoms with Gasteiger partial charge in [-0.3, -0.25) is 19.3 Å². The van der Waals surface area contributed by atoms with Crippen LogP contribution in [0.3, 0.4) is 0 Å². The molecule has 118 valence electrons. The molecule has 0 atom stereocenters. The predicted molar refractivity (Wildman–Crippen MR) is 84.2 cm³/mol. The largest absolute Gasteiger partial charge is 0.383 e. The van der Waals surface area contributed by atoms with Crippen LogP contribution in [0.5, 0.6) is 0 Å². The van der Waals surface area contributed by atoms with Crippen molar-refractivity contribution in [1.82, 2.24) is 20.2 Å². The fourth-order valence-electron chi connectivity index (χ4n) is 1.61. The van der Waals surface area contributed by atoms with E-state index in [1.54, 1.807) is 0 Å². The summed E-state index contributed by atoms with van der Waals surface area (Å²) in [6, 6.07) is 1.42. The second-order valence-electron chi connectivity index (χ2n) is 4.24. The van der Waals surface area contributed by atoms with Gasteiger partial charge in [-0.05, 0) is 0 Å². The minimum Gasteiger partial charge on any atom is -0.383 e. The molecule has 5 N–H and O–H groups in total. The Kier molecular flexibility index (Phi) is 5.44. The number of thioether (sulfide) groups is 2. The molecule has 1 aromatic rings. The van der Waals surface area contributed by atoms with Crippen molar-refractivity contribution in [2.45, 2.75) is 5.16 Å². The first-order valence-electron chi connectivity index (χ1n) is 6.22. The van der Waals surface area contributed by atoms with E-state index in [4.69, 9.17) is 11.5 Å². The van der Waals surface area contributed by atoms with Crippen molar-refractivity contribution < 1.29 is 14.4 Å². The molecule has 2 rings (SSSR count). The van der Waals surface area contributed by atoms with Gasteiger partial charge in [-0.15, -0.1) is 0 Å². The number of rotatable bonds is 6. The number of carbonyl (C=O) groups excluding carboxylic acids is 3. The van der Waals surface area contributed by atoms with Crippen LogP contribution in [0.25, 0.3) is 0 Å². The maximum Gasteiger partial charge on any atom is 0.288 e. The highest BCUT2D eigenvalue weighted by Crippen LogP contribution is 2.18. The molecule has 1 aliphatic rings. The average Bonchev–Trinajstić information content (AvgIpc) is 2.76. The topological polar surface area (TPSA) is 144 Å². The molecular formula is C11H14N6O3S2. The van der Waals surface area contributed by atoms with Crippen LogP contribution in [-0.2, 0) is 9.59 Å². The Hall–Kier alpha value is -2.01. The molecule has 3 amide bonds. The molecule has 0 radical (unpaired) electrons. The summed E-state index contributed by atoms with van der Waals surface area (Å²) in [4.78, 5) is 43.4. The molecular weight excluding hydrogens is 328 g/mol. The maximum atomic E-state index is 11.7. The first kappa shape index (κ1) is 16.4. The zero-order valence-corrected chi connectivity index (χ0v) is 13.1. The molecule has 0 bridgehead atoms. The second kappa shape index (κ2) is 7.31. The van der Waals surface area contributed by atoms with Gasteiger partial charge in [0.05, 0.1) is 11.5 Å². The number of amides is 3. The van der Waals surface area contributed by atoms with Gasteiger partial charge in [0.25, 0.3) is 5.24 Å². The normalized spacial score (nSPS) is 14.5. The van der Waals surface area contributed by atoms with Crippen LogP contribution in [0.1, 0.15) is 0 Å². The van der Waals surface area contributed by atoms with Gasteiger partial charge in [0.15, 0.2) is 5.16 Å². The van der Waals surface area contributed by atoms with Gasteiger partial charge in [0, 0.05) is 19.2 Å². The maximum absolute atomic E-state index is 11.7. The van der Waals surface area contributed by atoms with E-state index < -0.39 is 0 Å². The quantitative estimate of drug-likeness (QED) is 0.462. The lowest BCUT2D eigenvalue weighted by Gasteiger charge is -2.12. The monoisotopic (exact) mass is 342 g/mol. The molecule has 9 nitrogen and oxygen atoms in total. The molecule has 1 fully saturated rings. The van der Waals surface area contributed by atoms with Crippen molar-refractivity contribution in [3.63, 3.8) is 0 Å². The highest BCUT2D eigenvalue weighted by Gasteiger charge is 2.29. The van der Waals surface area contributed by atoms with Crippen LogP contribution in [-0.4, -0.2) is 56.5 Å². The molecule has 2 heterocycles. The number of imide groups is 1. The lowest BCUT2D eigenvalue weighted by atomic mass is 10.5. The van der Waals surface area contributed by atoms with E-state index in [1.807, 2.05) is 0 Å². The molecule has 0 saturated carbocycles. The van der Waals surface area contributed by atoms with Crippen molar-refractivity contribution in [1.29, 1.82) is 0 Å². The van der Waals surface area contributed by atoms with Crippen molar-refractivity contribution in [3.8, 4) is 0 Å². The summed E-state index contributed by atoms with van der Waals surface area (Å²) in [6.07, 6.45) is 0. The third-order valence-electron chi connectivity index (χ3n) is 2.58. The van der Waals surface area contributed by atoms with Crippen molar-refractivity contribution in [2.24, 2.45) is 0 Å². The van der Waals surface area contributed by atoms with Crippen molar-refractivity contribution >= 4 is 52.2 Å². The lowest BCUT2D eigenvalue weighted by Crippen LogP contribution is -2.38. The number of aromatic nitrogens is 2. The van der Waals surface area contributed by atoms with Crippen LogP contribution in [0.2, 0.25) is 0 Å². The second-order valence-corrected chi connectivity index (χ2v) is 6.11. The molecule has 0 aliphatic carbocycles. The van der Waals surface area contributed by atoms with Gasteiger partial charge >= 0.3 is 0 Å². The van der Waals surface area contributed by atoms with Gasteiger partial charge in [-0.25, -0.2) is 9.97 Å². The Morgan fingerprint density at radius 1 is 1.36 bits per heavy atom. The standard InChI is InChI=1S/C11H14N6O3S2/c12-6-3-7(13)16-10(15-6)21-4-8(18)14-1-2-17-9(19)5-22-11(17)20/h3H,1-2,4-5H2,(H,14,18)(H4,12,13,15,16). The van der Waals surface area contributed by atoms with Gasteiger partial charge in [0.2, 0.25) is 11.8 Å². The lowest BCUT2D eigenvalue weighted by molar-refractivity contribution is -0.125. The van der Waals surface area contributed by atoms with Crippen LogP contribution < -0.4 is 16.8 Å². The summed E-state index contributed by atoms with van der Waals surface area (Å²) in [5.41, 5.74) is 11.1. The number of nitrogens with zero attached hydrogens (tertiary/aromatic N) is 3. The van der Waals surface area contributed by atoms with E-state index in [1.165, 1.54) is 6.07 Å². The number of hydrogen-bond acceptors (Lipinski definition) is 9. The van der Waals surface area contributed by atoms with E-state index in [2.05, 4.69) is 15.3 Å². The molecule has 0 unspecified atom stereocenters. The van der Waals surface area contributed by atoms with Gasteiger partial charge in [-0.2, -0.15) is 0 Å². The van der Waals surface area contributed by atoms with Crippen LogP contribution in [0.15, 0.2) is 11.2 Å².